The molecule has 0 radical (unpaired) electrons. The van der Waals surface area contributed by atoms with Gasteiger partial charge in [-0.15, -0.1) is 0 Å². The predicted octanol–water partition coefficient (Wildman–Crippen LogP) is 1.20. The smallest absolute Gasteiger partial charge is 0.297 e. The summed E-state index contributed by atoms with van der Waals surface area (Å²) in [5.74, 6) is -0.280. The molecule has 1 aliphatic rings. The van der Waals surface area contributed by atoms with E-state index in [0.29, 0.717) is 12.3 Å². The van der Waals surface area contributed by atoms with Crippen LogP contribution in [-0.4, -0.2) is 36.1 Å². The van der Waals surface area contributed by atoms with Gasteiger partial charge >= 0.3 is 6.03 Å². The maximum atomic E-state index is 11.2. The molecule has 0 aromatic heterocycles. The molecule has 1 aromatic carbocycles. The van der Waals surface area contributed by atoms with Crippen molar-refractivity contribution in [3.63, 3.8) is 0 Å². The minimum atomic E-state index is -0.561. The van der Waals surface area contributed by atoms with Crippen LogP contribution in [0.1, 0.15) is 12.0 Å². The van der Waals surface area contributed by atoms with Crippen LogP contribution in [0.3, 0.4) is 0 Å². The fourth-order valence-electron chi connectivity index (χ4n) is 1.91. The molecule has 18 heavy (non-hydrogen) atoms. The summed E-state index contributed by atoms with van der Waals surface area (Å²) in [6, 6.07) is 9.46. The van der Waals surface area contributed by atoms with Crippen LogP contribution < -0.4 is 5.32 Å². The van der Waals surface area contributed by atoms with Gasteiger partial charge in [0.1, 0.15) is 0 Å². The monoisotopic (exact) mass is 245 g/mol. The SMILES string of the molecule is CN(CC1=NC(=O)NC(=O)C1)Cc1ccccc1. The molecule has 0 aliphatic carbocycles. The standard InChI is InChI=1S/C13H15N3O2/c1-16(8-10-5-3-2-4-6-10)9-11-7-12(17)15-13(18)14-11/h2-6H,7-9H2,1H3,(H,15,17,18). The second-order valence-corrected chi connectivity index (χ2v) is 4.37. The fraction of sp³-hybridized carbons (Fsp3) is 0.308. The highest BCUT2D eigenvalue weighted by Gasteiger charge is 2.18. The van der Waals surface area contributed by atoms with Crippen LogP contribution in [0.4, 0.5) is 4.79 Å². The Hall–Kier alpha value is -2.01. The molecule has 2 rings (SSSR count). The number of amides is 3. The number of aliphatic imine (C=N–C) groups is 1. The third-order valence-electron chi connectivity index (χ3n) is 2.62. The van der Waals surface area contributed by atoms with Crippen molar-refractivity contribution in [2.45, 2.75) is 13.0 Å². The lowest BCUT2D eigenvalue weighted by molar-refractivity contribution is -0.119. The number of nitrogens with one attached hydrogen (secondary N) is 1. The molecule has 0 bridgehead atoms. The molecule has 1 aliphatic heterocycles. The Morgan fingerprint density at radius 3 is 2.61 bits per heavy atom. The molecule has 1 heterocycles. The van der Waals surface area contributed by atoms with E-state index in [1.54, 1.807) is 0 Å². The number of nitrogens with zero attached hydrogens (tertiary/aromatic N) is 2. The summed E-state index contributed by atoms with van der Waals surface area (Å²) in [5, 5.41) is 2.15. The summed E-state index contributed by atoms with van der Waals surface area (Å²) in [6.07, 6.45) is 0.199. The highest BCUT2D eigenvalue weighted by atomic mass is 16.2. The Morgan fingerprint density at radius 1 is 1.22 bits per heavy atom. The normalized spacial score (nSPS) is 15.6. The molecule has 1 N–H and O–H groups in total. The minimum Gasteiger partial charge on any atom is -0.297 e. The van der Waals surface area contributed by atoms with Crippen molar-refractivity contribution >= 4 is 17.6 Å². The van der Waals surface area contributed by atoms with Gasteiger partial charge in [-0.2, -0.15) is 0 Å². The van der Waals surface area contributed by atoms with Crippen molar-refractivity contribution in [2.75, 3.05) is 13.6 Å². The van der Waals surface area contributed by atoms with Crippen molar-refractivity contribution in [3.05, 3.63) is 35.9 Å². The molecule has 0 spiro atoms. The Labute approximate surface area is 106 Å². The molecule has 0 atom stereocenters. The zero-order valence-corrected chi connectivity index (χ0v) is 10.2. The number of hydrogen-bond donors (Lipinski definition) is 1. The van der Waals surface area contributed by atoms with Crippen LogP contribution in [0.15, 0.2) is 35.3 Å². The van der Waals surface area contributed by atoms with E-state index in [0.717, 1.165) is 6.54 Å². The first-order valence-corrected chi connectivity index (χ1v) is 5.76. The molecule has 0 fully saturated rings. The first-order chi connectivity index (χ1) is 8.63. The second-order valence-electron chi connectivity index (χ2n) is 4.37. The van der Waals surface area contributed by atoms with Gasteiger partial charge in [0.2, 0.25) is 5.91 Å². The Balaban J connectivity index is 1.93. The predicted molar refractivity (Wildman–Crippen MR) is 68.4 cm³/mol. The van der Waals surface area contributed by atoms with E-state index >= 15 is 0 Å². The lowest BCUT2D eigenvalue weighted by atomic mass is 10.2. The average molecular weight is 245 g/mol. The van der Waals surface area contributed by atoms with E-state index in [4.69, 9.17) is 0 Å². The lowest BCUT2D eigenvalue weighted by Crippen LogP contribution is -2.38. The highest BCUT2D eigenvalue weighted by molar-refractivity contribution is 6.14. The number of benzene rings is 1. The van der Waals surface area contributed by atoms with Gasteiger partial charge in [-0.1, -0.05) is 30.3 Å². The maximum absolute atomic E-state index is 11.2. The van der Waals surface area contributed by atoms with Crippen LogP contribution in [-0.2, 0) is 11.3 Å². The number of imide groups is 1. The number of carbonyl (C=O) groups is 2. The van der Waals surface area contributed by atoms with E-state index in [1.807, 2.05) is 42.3 Å². The molecule has 5 heteroatoms. The van der Waals surface area contributed by atoms with Crippen LogP contribution in [0.2, 0.25) is 0 Å². The van der Waals surface area contributed by atoms with E-state index in [-0.39, 0.29) is 12.3 Å². The zero-order valence-electron chi connectivity index (χ0n) is 10.2. The van der Waals surface area contributed by atoms with Gasteiger partial charge in [0.25, 0.3) is 0 Å². The van der Waals surface area contributed by atoms with Gasteiger partial charge < -0.3 is 0 Å². The van der Waals surface area contributed by atoms with Gasteiger partial charge in [0.15, 0.2) is 0 Å². The third kappa shape index (κ3) is 3.49. The van der Waals surface area contributed by atoms with Crippen molar-refractivity contribution in [1.82, 2.24) is 10.2 Å². The van der Waals surface area contributed by atoms with E-state index in [2.05, 4.69) is 10.3 Å². The summed E-state index contributed by atoms with van der Waals surface area (Å²) in [7, 11) is 1.94. The van der Waals surface area contributed by atoms with Crippen LogP contribution >= 0.6 is 0 Å². The van der Waals surface area contributed by atoms with Crippen molar-refractivity contribution in [2.24, 2.45) is 4.99 Å². The van der Waals surface area contributed by atoms with Gasteiger partial charge in [0, 0.05) is 18.8 Å². The molecule has 0 saturated carbocycles. The first-order valence-electron chi connectivity index (χ1n) is 5.76. The summed E-state index contributed by atoms with van der Waals surface area (Å²) in [5.41, 5.74) is 1.80. The number of rotatable bonds is 4. The Morgan fingerprint density at radius 2 is 1.94 bits per heavy atom. The van der Waals surface area contributed by atoms with Crippen LogP contribution in [0, 0.1) is 0 Å². The van der Waals surface area contributed by atoms with Crippen molar-refractivity contribution in [1.29, 1.82) is 0 Å². The molecule has 94 valence electrons. The van der Waals surface area contributed by atoms with Crippen molar-refractivity contribution in [3.8, 4) is 0 Å². The van der Waals surface area contributed by atoms with Gasteiger partial charge in [-0.25, -0.2) is 9.79 Å². The molecule has 5 nitrogen and oxygen atoms in total. The maximum Gasteiger partial charge on any atom is 0.347 e. The number of carbonyl (C=O) groups excluding carboxylic acids is 2. The molecule has 0 saturated heterocycles. The molecule has 3 amide bonds. The molecule has 0 unspecified atom stereocenters. The average Bonchev–Trinajstić information content (AvgIpc) is 2.28. The highest BCUT2D eigenvalue weighted by Crippen LogP contribution is 2.04. The quantitative estimate of drug-likeness (QED) is 0.867. The fourth-order valence-corrected chi connectivity index (χ4v) is 1.91. The van der Waals surface area contributed by atoms with Crippen molar-refractivity contribution < 1.29 is 9.59 Å². The van der Waals surface area contributed by atoms with E-state index < -0.39 is 6.03 Å². The number of hydrogen-bond acceptors (Lipinski definition) is 3. The first kappa shape index (κ1) is 12.4. The minimum absolute atomic E-state index is 0.199. The zero-order chi connectivity index (χ0) is 13.0. The lowest BCUT2D eigenvalue weighted by Gasteiger charge is -2.19. The molecular formula is C13H15N3O2. The van der Waals surface area contributed by atoms with E-state index in [9.17, 15) is 9.59 Å². The van der Waals surface area contributed by atoms with Crippen LogP contribution in [0.25, 0.3) is 0 Å². The number of urea groups is 1. The summed E-state index contributed by atoms with van der Waals surface area (Å²) < 4.78 is 0. The van der Waals surface area contributed by atoms with E-state index in [1.165, 1.54) is 5.56 Å². The van der Waals surface area contributed by atoms with Crippen LogP contribution in [0.5, 0.6) is 0 Å². The van der Waals surface area contributed by atoms with Gasteiger partial charge in [-0.3, -0.25) is 15.0 Å². The summed E-state index contributed by atoms with van der Waals surface area (Å²) in [4.78, 5) is 28.1. The Bertz CT molecular complexity index is 482. The third-order valence-corrected chi connectivity index (χ3v) is 2.62. The summed E-state index contributed by atoms with van der Waals surface area (Å²) >= 11 is 0. The topological polar surface area (TPSA) is 61.8 Å². The second kappa shape index (κ2) is 5.55. The molecular weight excluding hydrogens is 230 g/mol. The summed E-state index contributed by atoms with van der Waals surface area (Å²) in [6.45, 7) is 1.28. The largest absolute Gasteiger partial charge is 0.347 e. The van der Waals surface area contributed by atoms with Gasteiger partial charge in [0.05, 0.1) is 6.42 Å². The molecule has 1 aromatic rings. The van der Waals surface area contributed by atoms with Gasteiger partial charge in [-0.05, 0) is 12.6 Å². The Kier molecular flexibility index (Phi) is 3.84.